The predicted molar refractivity (Wildman–Crippen MR) is 59.5 cm³/mol. The Labute approximate surface area is 94.0 Å². The fourth-order valence-corrected chi connectivity index (χ4v) is 1.92. The summed E-state index contributed by atoms with van der Waals surface area (Å²) >= 11 is 5.84. The fourth-order valence-electron chi connectivity index (χ4n) is 1.75. The van der Waals surface area contributed by atoms with Crippen LogP contribution in [0.1, 0.15) is 25.7 Å². The van der Waals surface area contributed by atoms with Crippen molar-refractivity contribution in [3.63, 3.8) is 0 Å². The van der Waals surface area contributed by atoms with Gasteiger partial charge in [-0.3, -0.25) is 0 Å². The lowest BCUT2D eigenvalue weighted by Crippen LogP contribution is -2.12. The van der Waals surface area contributed by atoms with Crippen LogP contribution in [0.3, 0.4) is 0 Å². The van der Waals surface area contributed by atoms with E-state index in [0.717, 1.165) is 12.8 Å². The third-order valence-electron chi connectivity index (χ3n) is 2.48. The molecule has 82 valence electrons. The number of rotatable bonds is 3. The maximum absolute atomic E-state index is 5.84. The molecular weight excluding hydrogens is 214 g/mol. The van der Waals surface area contributed by atoms with Gasteiger partial charge in [0.15, 0.2) is 0 Å². The Morgan fingerprint density at radius 2 is 2.13 bits per heavy atom. The molecule has 0 atom stereocenters. The molecule has 0 radical (unpaired) electrons. The van der Waals surface area contributed by atoms with Crippen LogP contribution in [0.15, 0.2) is 6.07 Å². The molecule has 4 nitrogen and oxygen atoms in total. The van der Waals surface area contributed by atoms with E-state index in [-0.39, 0.29) is 0 Å². The van der Waals surface area contributed by atoms with Crippen molar-refractivity contribution in [2.45, 2.75) is 31.8 Å². The molecule has 0 spiro atoms. The van der Waals surface area contributed by atoms with Gasteiger partial charge < -0.3 is 10.1 Å². The van der Waals surface area contributed by atoms with E-state index in [0.29, 0.717) is 23.1 Å². The van der Waals surface area contributed by atoms with Crippen LogP contribution in [0.25, 0.3) is 0 Å². The number of nitrogens with zero attached hydrogens (tertiary/aromatic N) is 2. The quantitative estimate of drug-likeness (QED) is 0.806. The number of halogens is 1. The monoisotopic (exact) mass is 227 g/mol. The Bertz CT molecular complexity index is 339. The van der Waals surface area contributed by atoms with Gasteiger partial charge >= 0.3 is 0 Å². The van der Waals surface area contributed by atoms with E-state index in [4.69, 9.17) is 16.3 Å². The van der Waals surface area contributed by atoms with E-state index >= 15 is 0 Å². The summed E-state index contributed by atoms with van der Waals surface area (Å²) in [5, 5.41) is 3.25. The molecule has 15 heavy (non-hydrogen) atoms. The topological polar surface area (TPSA) is 47.0 Å². The van der Waals surface area contributed by atoms with Crippen LogP contribution >= 0.6 is 11.6 Å². The minimum absolute atomic E-state index is 0.292. The van der Waals surface area contributed by atoms with Crippen LogP contribution < -0.4 is 10.1 Å². The number of nitrogens with one attached hydrogen (secondary N) is 1. The first-order chi connectivity index (χ1) is 7.28. The van der Waals surface area contributed by atoms with Crippen molar-refractivity contribution in [3.05, 3.63) is 11.2 Å². The predicted octanol–water partition coefficient (Wildman–Crippen LogP) is 2.49. The molecule has 1 heterocycles. The number of ether oxygens (including phenoxy) is 1. The smallest absolute Gasteiger partial charge is 0.227 e. The molecule has 2 rings (SSSR count). The Kier molecular flexibility index (Phi) is 3.26. The summed E-state index contributed by atoms with van der Waals surface area (Å²) in [6.45, 7) is 0. The zero-order valence-electron chi connectivity index (χ0n) is 8.66. The third kappa shape index (κ3) is 2.72. The summed E-state index contributed by atoms with van der Waals surface area (Å²) in [7, 11) is 1.75. The van der Waals surface area contributed by atoms with Crippen LogP contribution in [0, 0.1) is 0 Å². The molecule has 5 heteroatoms. The largest absolute Gasteiger partial charge is 0.474 e. The molecular formula is C10H14ClN3O. The van der Waals surface area contributed by atoms with E-state index < -0.39 is 0 Å². The van der Waals surface area contributed by atoms with Gasteiger partial charge in [0, 0.05) is 13.1 Å². The van der Waals surface area contributed by atoms with Gasteiger partial charge in [-0.05, 0) is 25.7 Å². The van der Waals surface area contributed by atoms with Gasteiger partial charge in [0.05, 0.1) is 0 Å². The molecule has 0 unspecified atom stereocenters. The molecule has 1 aliphatic carbocycles. The zero-order chi connectivity index (χ0) is 10.7. The molecule has 1 aromatic heterocycles. The van der Waals surface area contributed by atoms with E-state index in [1.165, 1.54) is 12.8 Å². The first-order valence-electron chi connectivity index (χ1n) is 5.17. The van der Waals surface area contributed by atoms with Crippen molar-refractivity contribution in [2.75, 3.05) is 12.4 Å². The standard InChI is InChI=1S/C10H14ClN3O/c1-12-10-13-8(11)6-9(14-10)15-7-4-2-3-5-7/h6-7H,2-5H2,1H3,(H,12,13,14). The average molecular weight is 228 g/mol. The van der Waals surface area contributed by atoms with Crippen LogP contribution in [-0.4, -0.2) is 23.1 Å². The van der Waals surface area contributed by atoms with Gasteiger partial charge in [-0.25, -0.2) is 4.98 Å². The molecule has 0 amide bonds. The SMILES string of the molecule is CNc1nc(Cl)cc(OC2CCCC2)n1. The Balaban J connectivity index is 2.09. The van der Waals surface area contributed by atoms with Gasteiger partial charge in [-0.1, -0.05) is 11.6 Å². The summed E-state index contributed by atoms with van der Waals surface area (Å²) in [6, 6.07) is 1.65. The normalized spacial score (nSPS) is 16.7. The second-order valence-corrected chi connectivity index (χ2v) is 4.01. The van der Waals surface area contributed by atoms with Crippen LogP contribution in [-0.2, 0) is 0 Å². The highest BCUT2D eigenvalue weighted by Gasteiger charge is 2.17. The van der Waals surface area contributed by atoms with Crippen molar-refractivity contribution < 1.29 is 4.74 Å². The molecule has 0 bridgehead atoms. The highest BCUT2D eigenvalue weighted by Crippen LogP contribution is 2.24. The Morgan fingerprint density at radius 1 is 1.40 bits per heavy atom. The molecule has 0 aromatic carbocycles. The average Bonchev–Trinajstić information content (AvgIpc) is 2.69. The third-order valence-corrected chi connectivity index (χ3v) is 2.68. The minimum atomic E-state index is 0.292. The molecule has 0 aliphatic heterocycles. The van der Waals surface area contributed by atoms with Gasteiger partial charge in [0.2, 0.25) is 11.8 Å². The molecule has 1 aliphatic rings. The van der Waals surface area contributed by atoms with Gasteiger partial charge in [-0.15, -0.1) is 0 Å². The lowest BCUT2D eigenvalue weighted by molar-refractivity contribution is 0.201. The van der Waals surface area contributed by atoms with Crippen LogP contribution in [0.4, 0.5) is 5.95 Å². The van der Waals surface area contributed by atoms with Crippen LogP contribution in [0.5, 0.6) is 5.88 Å². The lowest BCUT2D eigenvalue weighted by atomic mass is 10.3. The fraction of sp³-hybridized carbons (Fsp3) is 0.600. The summed E-state index contributed by atoms with van der Waals surface area (Å²) in [5.74, 6) is 1.06. The van der Waals surface area contributed by atoms with Crippen LogP contribution in [0.2, 0.25) is 5.15 Å². The molecule has 0 saturated heterocycles. The maximum Gasteiger partial charge on any atom is 0.227 e. The van der Waals surface area contributed by atoms with E-state index in [2.05, 4.69) is 15.3 Å². The summed E-state index contributed by atoms with van der Waals surface area (Å²) in [6.07, 6.45) is 4.98. The first-order valence-corrected chi connectivity index (χ1v) is 5.55. The summed E-state index contributed by atoms with van der Waals surface area (Å²) in [4.78, 5) is 8.18. The van der Waals surface area contributed by atoms with E-state index in [1.807, 2.05) is 0 Å². The number of hydrogen-bond donors (Lipinski definition) is 1. The Morgan fingerprint density at radius 3 is 2.80 bits per heavy atom. The highest BCUT2D eigenvalue weighted by molar-refractivity contribution is 6.29. The number of anilines is 1. The molecule has 1 N–H and O–H groups in total. The second-order valence-electron chi connectivity index (χ2n) is 3.63. The van der Waals surface area contributed by atoms with Gasteiger partial charge in [-0.2, -0.15) is 4.98 Å². The zero-order valence-corrected chi connectivity index (χ0v) is 9.42. The van der Waals surface area contributed by atoms with Crippen molar-refractivity contribution >= 4 is 17.5 Å². The molecule has 1 fully saturated rings. The Hall–Kier alpha value is -1.03. The van der Waals surface area contributed by atoms with Gasteiger partial charge in [0.1, 0.15) is 11.3 Å². The summed E-state index contributed by atoms with van der Waals surface area (Å²) in [5.41, 5.74) is 0. The van der Waals surface area contributed by atoms with Crippen molar-refractivity contribution in [1.29, 1.82) is 0 Å². The van der Waals surface area contributed by atoms with E-state index in [9.17, 15) is 0 Å². The van der Waals surface area contributed by atoms with Crippen molar-refractivity contribution in [2.24, 2.45) is 0 Å². The first kappa shape index (κ1) is 10.5. The minimum Gasteiger partial charge on any atom is -0.474 e. The maximum atomic E-state index is 5.84. The second kappa shape index (κ2) is 4.66. The highest BCUT2D eigenvalue weighted by atomic mass is 35.5. The summed E-state index contributed by atoms with van der Waals surface area (Å²) < 4.78 is 5.72. The van der Waals surface area contributed by atoms with Gasteiger partial charge in [0.25, 0.3) is 0 Å². The van der Waals surface area contributed by atoms with Crippen molar-refractivity contribution in [1.82, 2.24) is 9.97 Å². The number of aromatic nitrogens is 2. The molecule has 1 aromatic rings. The van der Waals surface area contributed by atoms with E-state index in [1.54, 1.807) is 13.1 Å². The molecule has 1 saturated carbocycles. The van der Waals surface area contributed by atoms with Crippen molar-refractivity contribution in [3.8, 4) is 5.88 Å². The lowest BCUT2D eigenvalue weighted by Gasteiger charge is -2.12. The number of hydrogen-bond acceptors (Lipinski definition) is 4.